The van der Waals surface area contributed by atoms with Crippen LogP contribution in [0.1, 0.15) is 24.3 Å². The third-order valence-electron chi connectivity index (χ3n) is 6.74. The molecule has 8 heteroatoms. The van der Waals surface area contributed by atoms with Crippen molar-refractivity contribution in [3.63, 3.8) is 0 Å². The molecular formula is C31H27F2N4S2+. The molecule has 2 aromatic carbocycles. The molecule has 2 aromatic heterocycles. The maximum atomic E-state index is 13.7. The van der Waals surface area contributed by atoms with Crippen molar-refractivity contribution in [1.82, 2.24) is 4.98 Å². The quantitative estimate of drug-likeness (QED) is 0.252. The molecule has 39 heavy (non-hydrogen) atoms. The Morgan fingerprint density at radius 3 is 2.56 bits per heavy atom. The molecule has 0 atom stereocenters. The molecule has 4 nitrogen and oxygen atoms in total. The number of benzene rings is 2. The van der Waals surface area contributed by atoms with E-state index in [9.17, 15) is 8.78 Å². The van der Waals surface area contributed by atoms with Gasteiger partial charge in [0.2, 0.25) is 5.70 Å². The molecule has 0 amide bonds. The molecule has 0 saturated heterocycles. The number of halogens is 2. The van der Waals surface area contributed by atoms with Crippen LogP contribution >= 0.6 is 23.1 Å². The Morgan fingerprint density at radius 2 is 1.74 bits per heavy atom. The highest BCUT2D eigenvalue weighted by Crippen LogP contribution is 2.41. The van der Waals surface area contributed by atoms with Gasteiger partial charge in [-0.25, -0.2) is 13.8 Å². The summed E-state index contributed by atoms with van der Waals surface area (Å²) in [6.45, 7) is 0. The van der Waals surface area contributed by atoms with E-state index in [0.717, 1.165) is 56.0 Å². The molecule has 0 fully saturated rings. The zero-order chi connectivity index (χ0) is 26.9. The maximum Gasteiger partial charge on any atom is 0.216 e. The van der Waals surface area contributed by atoms with E-state index in [1.807, 2.05) is 26.2 Å². The van der Waals surface area contributed by atoms with E-state index in [0.29, 0.717) is 5.52 Å². The predicted octanol–water partition coefficient (Wildman–Crippen LogP) is 8.02. The van der Waals surface area contributed by atoms with Crippen LogP contribution in [-0.2, 0) is 0 Å². The van der Waals surface area contributed by atoms with Gasteiger partial charge in [-0.15, -0.1) is 11.3 Å². The fourth-order valence-corrected chi connectivity index (χ4v) is 6.55. The Hall–Kier alpha value is -3.75. The Bertz CT molecular complexity index is 1680. The van der Waals surface area contributed by atoms with E-state index in [2.05, 4.69) is 62.5 Å². The number of hydrogen-bond donors (Lipinski definition) is 1. The summed E-state index contributed by atoms with van der Waals surface area (Å²) in [6, 6.07) is 13.8. The third-order valence-corrected chi connectivity index (χ3v) is 8.77. The average molecular weight is 558 g/mol. The Labute approximate surface area is 234 Å². The van der Waals surface area contributed by atoms with Crippen molar-refractivity contribution < 1.29 is 13.3 Å². The summed E-state index contributed by atoms with van der Waals surface area (Å²) in [5.41, 5.74) is 6.21. The second-order valence-corrected chi connectivity index (χ2v) is 11.8. The molecule has 0 spiro atoms. The fourth-order valence-electron chi connectivity index (χ4n) is 4.81. The number of nitrogens with one attached hydrogen (secondary N) is 1. The first-order valence-electron chi connectivity index (χ1n) is 12.7. The Kier molecular flexibility index (Phi) is 7.06. The van der Waals surface area contributed by atoms with Crippen molar-refractivity contribution in [2.24, 2.45) is 0 Å². The van der Waals surface area contributed by atoms with Crippen molar-refractivity contribution in [2.45, 2.75) is 24.2 Å². The molecule has 1 aliphatic carbocycles. The average Bonchev–Trinajstić information content (AvgIpc) is 3.53. The van der Waals surface area contributed by atoms with Gasteiger partial charge in [0.25, 0.3) is 0 Å². The van der Waals surface area contributed by atoms with Gasteiger partial charge in [-0.2, -0.15) is 4.57 Å². The number of hydrogen-bond acceptors (Lipinski definition) is 5. The number of nitrogens with zero attached hydrogens (tertiary/aromatic N) is 3. The molecule has 6 rings (SSSR count). The number of thiazole rings is 1. The van der Waals surface area contributed by atoms with Crippen molar-refractivity contribution in [2.75, 3.05) is 24.3 Å². The molecule has 0 unspecified atom stereocenters. The number of anilines is 2. The summed E-state index contributed by atoms with van der Waals surface area (Å²) in [5, 5.41) is 5.15. The van der Waals surface area contributed by atoms with Crippen LogP contribution in [0.3, 0.4) is 0 Å². The summed E-state index contributed by atoms with van der Waals surface area (Å²) in [4.78, 5) is 7.72. The zero-order valence-corrected chi connectivity index (χ0v) is 23.3. The molecular weight excluding hydrogens is 530 g/mol. The van der Waals surface area contributed by atoms with Crippen LogP contribution in [0.15, 0.2) is 100 Å². The van der Waals surface area contributed by atoms with Crippen LogP contribution in [-0.4, -0.2) is 19.1 Å². The highest BCUT2D eigenvalue weighted by atomic mass is 32.2. The van der Waals surface area contributed by atoms with Gasteiger partial charge in [-0.05, 0) is 73.9 Å². The topological polar surface area (TPSA) is 32.0 Å². The van der Waals surface area contributed by atoms with E-state index in [1.165, 1.54) is 35.4 Å². The largest absolute Gasteiger partial charge is 0.377 e. The SMILES string of the molecule is CN(C)c1cc[n+](C2=C(/C=C/c3nc4cc(F)ccc4s3)CCC/C2=C\C=C2\Nc3cc(F)ccc3S2)cc1. The number of pyridine rings is 1. The standard InChI is InChI=1S/C31H27F2N4S2/c1-36(2)24-14-16-37(17-15-24)31-20(6-12-29-34-25-18-22(32)8-10-27(25)38-29)4-3-5-21(31)7-13-30-35-26-19-23(33)9-11-28(26)39-30/h6-19,34H,3-5H2,1-2H3/q+1/b13-7+,20-6+,29-12-. The van der Waals surface area contributed by atoms with Crippen molar-refractivity contribution in [3.8, 4) is 0 Å². The summed E-state index contributed by atoms with van der Waals surface area (Å²) >= 11 is 3.17. The van der Waals surface area contributed by atoms with E-state index < -0.39 is 0 Å². The number of rotatable bonds is 5. The van der Waals surface area contributed by atoms with Crippen LogP contribution in [0.25, 0.3) is 22.0 Å². The van der Waals surface area contributed by atoms with Gasteiger partial charge < -0.3 is 10.2 Å². The first kappa shape index (κ1) is 25.5. The van der Waals surface area contributed by atoms with Gasteiger partial charge in [-0.1, -0.05) is 11.8 Å². The zero-order valence-electron chi connectivity index (χ0n) is 21.6. The lowest BCUT2D eigenvalue weighted by Gasteiger charge is -2.17. The molecule has 4 aromatic rings. The van der Waals surface area contributed by atoms with Gasteiger partial charge in [-0.3, -0.25) is 0 Å². The minimum Gasteiger partial charge on any atom is -0.377 e. The van der Waals surface area contributed by atoms with Crippen molar-refractivity contribution >= 4 is 56.5 Å². The van der Waals surface area contributed by atoms with Crippen molar-refractivity contribution in [3.05, 3.63) is 112 Å². The number of aromatic nitrogens is 2. The molecule has 196 valence electrons. The van der Waals surface area contributed by atoms with E-state index in [4.69, 9.17) is 0 Å². The smallest absolute Gasteiger partial charge is 0.216 e. The Morgan fingerprint density at radius 1 is 0.949 bits per heavy atom. The second-order valence-electron chi connectivity index (χ2n) is 9.67. The first-order valence-corrected chi connectivity index (χ1v) is 14.4. The lowest BCUT2D eigenvalue weighted by molar-refractivity contribution is -0.580. The predicted molar refractivity (Wildman–Crippen MR) is 159 cm³/mol. The van der Waals surface area contributed by atoms with Gasteiger partial charge in [0.1, 0.15) is 16.6 Å². The van der Waals surface area contributed by atoms with E-state index >= 15 is 0 Å². The fraction of sp³-hybridized carbons (Fsp3) is 0.161. The highest BCUT2D eigenvalue weighted by Gasteiger charge is 2.25. The van der Waals surface area contributed by atoms with E-state index in [-0.39, 0.29) is 11.6 Å². The lowest BCUT2D eigenvalue weighted by atomic mass is 9.90. The molecule has 1 N–H and O–H groups in total. The van der Waals surface area contributed by atoms with Gasteiger partial charge in [0, 0.05) is 54.0 Å². The first-order chi connectivity index (χ1) is 18.9. The summed E-state index contributed by atoms with van der Waals surface area (Å²) in [7, 11) is 4.07. The molecule has 0 radical (unpaired) electrons. The molecule has 1 aliphatic heterocycles. The lowest BCUT2D eigenvalue weighted by Crippen LogP contribution is -2.34. The van der Waals surface area contributed by atoms with Gasteiger partial charge >= 0.3 is 0 Å². The van der Waals surface area contributed by atoms with Crippen LogP contribution in [0.4, 0.5) is 20.2 Å². The summed E-state index contributed by atoms with van der Waals surface area (Å²) in [6.07, 6.45) is 15.6. The third kappa shape index (κ3) is 5.53. The van der Waals surface area contributed by atoms with Gasteiger partial charge in [0.15, 0.2) is 12.4 Å². The number of allylic oxidation sites excluding steroid dienone is 6. The maximum absolute atomic E-state index is 13.7. The second kappa shape index (κ2) is 10.8. The van der Waals surface area contributed by atoms with Crippen LogP contribution in [0.2, 0.25) is 0 Å². The summed E-state index contributed by atoms with van der Waals surface area (Å²) < 4.78 is 30.5. The Balaban J connectivity index is 1.37. The van der Waals surface area contributed by atoms with E-state index in [1.54, 1.807) is 29.2 Å². The van der Waals surface area contributed by atoms with Gasteiger partial charge in [0.05, 0.1) is 20.9 Å². The molecule has 2 aliphatic rings. The minimum absolute atomic E-state index is 0.244. The molecule has 0 saturated carbocycles. The summed E-state index contributed by atoms with van der Waals surface area (Å²) in [5.74, 6) is -0.517. The highest BCUT2D eigenvalue weighted by molar-refractivity contribution is 8.03. The van der Waals surface area contributed by atoms with Crippen LogP contribution in [0, 0.1) is 11.6 Å². The molecule has 0 bridgehead atoms. The number of thioether (sulfide) groups is 1. The normalized spacial score (nSPS) is 17.4. The molecule has 3 heterocycles. The van der Waals surface area contributed by atoms with Crippen LogP contribution in [0.5, 0.6) is 0 Å². The van der Waals surface area contributed by atoms with Crippen LogP contribution < -0.4 is 14.8 Å². The van der Waals surface area contributed by atoms with Crippen molar-refractivity contribution in [1.29, 1.82) is 0 Å². The number of fused-ring (bicyclic) bond motifs is 2. The monoisotopic (exact) mass is 557 g/mol. The minimum atomic E-state index is -0.273.